The zero-order valence-electron chi connectivity index (χ0n) is 12.1. The summed E-state index contributed by atoms with van der Waals surface area (Å²) < 4.78 is 0. The number of aliphatic carboxylic acids is 1. The van der Waals surface area contributed by atoms with Crippen molar-refractivity contribution >= 4 is 5.97 Å². The van der Waals surface area contributed by atoms with Gasteiger partial charge in [-0.15, -0.1) is 0 Å². The summed E-state index contributed by atoms with van der Waals surface area (Å²) in [6, 6.07) is 0.248. The van der Waals surface area contributed by atoms with Gasteiger partial charge in [0.25, 0.3) is 0 Å². The van der Waals surface area contributed by atoms with Gasteiger partial charge in [-0.2, -0.15) is 0 Å². The Hall–Kier alpha value is -0.610. The van der Waals surface area contributed by atoms with Gasteiger partial charge in [-0.3, -0.25) is 4.79 Å². The Labute approximate surface area is 105 Å². The Morgan fingerprint density at radius 2 is 2.00 bits per heavy atom. The Balaban J connectivity index is 4.41. The predicted octanol–water partition coefficient (Wildman–Crippen LogP) is 1.81. The molecule has 3 unspecified atom stereocenters. The van der Waals surface area contributed by atoms with E-state index in [1.165, 1.54) is 0 Å². The second-order valence-electron chi connectivity index (χ2n) is 5.39. The molecule has 0 fully saturated rings. The van der Waals surface area contributed by atoms with Crippen LogP contribution in [-0.2, 0) is 4.79 Å². The highest BCUT2D eigenvalue weighted by molar-refractivity contribution is 5.78. The average Bonchev–Trinajstić information content (AvgIpc) is 2.27. The van der Waals surface area contributed by atoms with Crippen LogP contribution in [-0.4, -0.2) is 48.2 Å². The van der Waals surface area contributed by atoms with Crippen LogP contribution >= 0.6 is 0 Å². The first-order chi connectivity index (χ1) is 7.76. The van der Waals surface area contributed by atoms with Crippen molar-refractivity contribution in [3.05, 3.63) is 0 Å². The predicted molar refractivity (Wildman–Crippen MR) is 71.3 cm³/mol. The largest absolute Gasteiger partial charge is 0.480 e. The molecule has 4 heteroatoms. The molecular weight excluding hydrogens is 216 g/mol. The molecule has 0 aromatic rings. The molecule has 17 heavy (non-hydrogen) atoms. The number of hydrogen-bond donors (Lipinski definition) is 2. The standard InChI is InChI=1S/C13H28N2O2/c1-7-10(2)9-15(6)11(3)8-13(4,14-5)12(16)17/h10-11,14H,7-9H2,1-6H3,(H,16,17). The van der Waals surface area contributed by atoms with Gasteiger partial charge in [-0.1, -0.05) is 20.3 Å². The fourth-order valence-corrected chi connectivity index (χ4v) is 1.84. The summed E-state index contributed by atoms with van der Waals surface area (Å²) in [5.74, 6) is -0.142. The molecule has 0 saturated carbocycles. The molecule has 0 spiro atoms. The van der Waals surface area contributed by atoms with Crippen molar-refractivity contribution in [1.29, 1.82) is 0 Å². The van der Waals surface area contributed by atoms with Crippen molar-refractivity contribution in [3.63, 3.8) is 0 Å². The number of nitrogens with one attached hydrogen (secondary N) is 1. The summed E-state index contributed by atoms with van der Waals surface area (Å²) in [5.41, 5.74) is -0.844. The van der Waals surface area contributed by atoms with Gasteiger partial charge < -0.3 is 15.3 Å². The lowest BCUT2D eigenvalue weighted by atomic mass is 9.93. The van der Waals surface area contributed by atoms with Crippen molar-refractivity contribution in [2.24, 2.45) is 5.92 Å². The summed E-state index contributed by atoms with van der Waals surface area (Å²) in [6.07, 6.45) is 1.76. The number of nitrogens with zero attached hydrogens (tertiary/aromatic N) is 1. The maximum atomic E-state index is 11.2. The molecule has 0 radical (unpaired) electrons. The average molecular weight is 244 g/mol. The Bertz CT molecular complexity index is 246. The van der Waals surface area contributed by atoms with Crippen molar-refractivity contribution < 1.29 is 9.90 Å². The molecule has 0 bridgehead atoms. The molecule has 0 heterocycles. The fraction of sp³-hybridized carbons (Fsp3) is 0.923. The van der Waals surface area contributed by atoms with E-state index in [-0.39, 0.29) is 6.04 Å². The summed E-state index contributed by atoms with van der Waals surface area (Å²) in [4.78, 5) is 13.5. The molecule has 0 aromatic carbocycles. The first-order valence-electron chi connectivity index (χ1n) is 6.39. The van der Waals surface area contributed by atoms with Gasteiger partial charge in [-0.05, 0) is 40.3 Å². The summed E-state index contributed by atoms with van der Waals surface area (Å²) in [5, 5.41) is 12.1. The van der Waals surface area contributed by atoms with Crippen molar-refractivity contribution in [2.45, 2.75) is 52.1 Å². The first-order valence-corrected chi connectivity index (χ1v) is 6.39. The highest BCUT2D eigenvalue weighted by Gasteiger charge is 2.33. The van der Waals surface area contributed by atoms with Gasteiger partial charge in [0.15, 0.2) is 0 Å². The van der Waals surface area contributed by atoms with Crippen LogP contribution in [0.3, 0.4) is 0 Å². The highest BCUT2D eigenvalue weighted by atomic mass is 16.4. The molecule has 0 aliphatic heterocycles. The molecule has 2 N–H and O–H groups in total. The number of rotatable bonds is 8. The third-order valence-corrected chi connectivity index (χ3v) is 3.78. The fourth-order valence-electron chi connectivity index (χ4n) is 1.84. The van der Waals surface area contributed by atoms with Crippen LogP contribution in [0.5, 0.6) is 0 Å². The highest BCUT2D eigenvalue weighted by Crippen LogP contribution is 2.17. The van der Waals surface area contributed by atoms with E-state index in [4.69, 9.17) is 0 Å². The van der Waals surface area contributed by atoms with E-state index in [2.05, 4.69) is 38.0 Å². The summed E-state index contributed by atoms with van der Waals surface area (Å²) in [6.45, 7) is 9.23. The molecule has 0 saturated heterocycles. The van der Waals surface area contributed by atoms with Crippen LogP contribution < -0.4 is 5.32 Å². The first kappa shape index (κ1) is 16.4. The summed E-state index contributed by atoms with van der Waals surface area (Å²) >= 11 is 0. The van der Waals surface area contributed by atoms with E-state index in [0.29, 0.717) is 12.3 Å². The minimum atomic E-state index is -0.844. The second kappa shape index (κ2) is 6.97. The van der Waals surface area contributed by atoms with E-state index in [0.717, 1.165) is 13.0 Å². The monoisotopic (exact) mass is 244 g/mol. The molecule has 0 amide bonds. The number of hydrogen-bond acceptors (Lipinski definition) is 3. The second-order valence-corrected chi connectivity index (χ2v) is 5.39. The maximum absolute atomic E-state index is 11.2. The van der Waals surface area contributed by atoms with Crippen LogP contribution in [0, 0.1) is 5.92 Å². The Morgan fingerprint density at radius 1 is 1.47 bits per heavy atom. The maximum Gasteiger partial charge on any atom is 0.323 e. The van der Waals surface area contributed by atoms with Crippen molar-refractivity contribution in [2.75, 3.05) is 20.6 Å². The quantitative estimate of drug-likeness (QED) is 0.683. The van der Waals surface area contributed by atoms with Crippen LogP contribution in [0.1, 0.15) is 40.5 Å². The third-order valence-electron chi connectivity index (χ3n) is 3.78. The molecule has 0 aliphatic carbocycles. The Morgan fingerprint density at radius 3 is 2.35 bits per heavy atom. The molecule has 0 aliphatic rings. The van der Waals surface area contributed by atoms with E-state index < -0.39 is 11.5 Å². The van der Waals surface area contributed by atoms with Gasteiger partial charge in [0.2, 0.25) is 0 Å². The van der Waals surface area contributed by atoms with E-state index in [1.54, 1.807) is 14.0 Å². The van der Waals surface area contributed by atoms with Crippen LogP contribution in [0.15, 0.2) is 0 Å². The van der Waals surface area contributed by atoms with Crippen molar-refractivity contribution in [3.8, 4) is 0 Å². The number of likely N-dealkylation sites (N-methyl/N-ethyl adjacent to an activating group) is 1. The molecule has 0 aromatic heterocycles. The van der Waals surface area contributed by atoms with Gasteiger partial charge in [0.05, 0.1) is 0 Å². The molecule has 0 rings (SSSR count). The van der Waals surface area contributed by atoms with E-state index >= 15 is 0 Å². The zero-order chi connectivity index (χ0) is 13.6. The minimum Gasteiger partial charge on any atom is -0.480 e. The van der Waals surface area contributed by atoms with E-state index in [1.807, 2.05) is 0 Å². The number of carbonyl (C=O) groups is 1. The third kappa shape index (κ3) is 5.04. The van der Waals surface area contributed by atoms with E-state index in [9.17, 15) is 9.90 Å². The molecule has 3 atom stereocenters. The number of carboxylic acid groups (broad SMARTS) is 1. The van der Waals surface area contributed by atoms with Gasteiger partial charge >= 0.3 is 5.97 Å². The van der Waals surface area contributed by atoms with Crippen LogP contribution in [0.25, 0.3) is 0 Å². The lowest BCUT2D eigenvalue weighted by Gasteiger charge is -2.33. The lowest BCUT2D eigenvalue weighted by molar-refractivity contribution is -0.144. The van der Waals surface area contributed by atoms with Gasteiger partial charge in [-0.25, -0.2) is 0 Å². The summed E-state index contributed by atoms with van der Waals surface area (Å²) in [7, 11) is 3.77. The number of carboxylic acids is 1. The van der Waals surface area contributed by atoms with Gasteiger partial charge in [0, 0.05) is 12.6 Å². The van der Waals surface area contributed by atoms with Crippen molar-refractivity contribution in [1.82, 2.24) is 10.2 Å². The Kier molecular flexibility index (Phi) is 6.72. The zero-order valence-corrected chi connectivity index (χ0v) is 12.1. The topological polar surface area (TPSA) is 52.6 Å². The van der Waals surface area contributed by atoms with Crippen LogP contribution in [0.2, 0.25) is 0 Å². The molecule has 4 nitrogen and oxygen atoms in total. The molecular formula is C13H28N2O2. The van der Waals surface area contributed by atoms with Crippen LogP contribution in [0.4, 0.5) is 0 Å². The minimum absolute atomic E-state index is 0.248. The SMILES string of the molecule is CCC(C)CN(C)C(C)CC(C)(NC)C(=O)O. The molecule has 102 valence electrons. The lowest BCUT2D eigenvalue weighted by Crippen LogP contribution is -2.51. The normalized spacial score (nSPS) is 18.8. The smallest absolute Gasteiger partial charge is 0.323 e. The van der Waals surface area contributed by atoms with Gasteiger partial charge in [0.1, 0.15) is 5.54 Å².